The van der Waals surface area contributed by atoms with Gasteiger partial charge in [-0.2, -0.15) is 0 Å². The molecular formula is C39H54O9. The maximum absolute atomic E-state index is 14.2. The number of carbonyl (C=O) groups is 3. The lowest BCUT2D eigenvalue weighted by Gasteiger charge is -2.46. The summed E-state index contributed by atoms with van der Waals surface area (Å²) < 4.78 is 35.6. The molecule has 0 heterocycles. The molecule has 0 radical (unpaired) electrons. The van der Waals surface area contributed by atoms with Crippen molar-refractivity contribution in [3.8, 4) is 0 Å². The molecule has 0 amide bonds. The predicted molar refractivity (Wildman–Crippen MR) is 186 cm³/mol. The van der Waals surface area contributed by atoms with Crippen molar-refractivity contribution in [1.29, 1.82) is 0 Å². The molecule has 0 aromatic heterocycles. The second-order valence-corrected chi connectivity index (χ2v) is 13.3. The van der Waals surface area contributed by atoms with E-state index in [-0.39, 0.29) is 38.3 Å². The fourth-order valence-corrected chi connectivity index (χ4v) is 5.21. The van der Waals surface area contributed by atoms with E-state index in [1.807, 2.05) is 48.5 Å². The maximum atomic E-state index is 14.2. The van der Waals surface area contributed by atoms with Gasteiger partial charge < -0.3 is 28.4 Å². The minimum Gasteiger partial charge on any atom is -0.416 e. The number of hydrogen-bond acceptors (Lipinski definition) is 9. The first kappa shape index (κ1) is 40.2. The fraction of sp³-hybridized carbons (Fsp3) is 0.513. The van der Waals surface area contributed by atoms with Gasteiger partial charge in [-0.15, -0.1) is 0 Å². The topological polar surface area (TPSA) is 107 Å². The predicted octanol–water partition coefficient (Wildman–Crippen LogP) is 8.27. The third-order valence-corrected chi connectivity index (χ3v) is 8.86. The third kappa shape index (κ3) is 9.14. The van der Waals surface area contributed by atoms with Crippen molar-refractivity contribution in [2.45, 2.75) is 103 Å². The zero-order valence-corrected chi connectivity index (χ0v) is 30.3. The van der Waals surface area contributed by atoms with Gasteiger partial charge in [0.2, 0.25) is 0 Å². The molecule has 2 aromatic rings. The molecule has 2 aromatic carbocycles. The Hall–Kier alpha value is -3.95. The molecule has 0 saturated heterocycles. The van der Waals surface area contributed by atoms with Crippen LogP contribution in [0.2, 0.25) is 0 Å². The summed E-state index contributed by atoms with van der Waals surface area (Å²) in [6.07, 6.45) is 0.659. The van der Waals surface area contributed by atoms with E-state index in [4.69, 9.17) is 28.4 Å². The average Bonchev–Trinajstić information content (AvgIpc) is 3.05. The largest absolute Gasteiger partial charge is 0.515 e. The van der Waals surface area contributed by atoms with E-state index in [1.165, 1.54) is 0 Å². The van der Waals surface area contributed by atoms with Crippen LogP contribution < -0.4 is 0 Å². The molecule has 0 spiro atoms. The van der Waals surface area contributed by atoms with E-state index in [0.29, 0.717) is 11.1 Å². The molecule has 9 nitrogen and oxygen atoms in total. The van der Waals surface area contributed by atoms with Crippen LogP contribution in [-0.4, -0.2) is 56.1 Å². The molecule has 48 heavy (non-hydrogen) atoms. The van der Waals surface area contributed by atoms with Crippen LogP contribution in [0.1, 0.15) is 103 Å². The fourth-order valence-electron chi connectivity index (χ4n) is 5.21. The molecule has 264 valence electrons. The minimum atomic E-state index is -2.06. The molecule has 0 aliphatic carbocycles. The van der Waals surface area contributed by atoms with E-state index in [1.54, 1.807) is 41.5 Å². The number of rotatable bonds is 18. The second-order valence-electron chi connectivity index (χ2n) is 13.3. The summed E-state index contributed by atoms with van der Waals surface area (Å²) in [5.41, 5.74) is 1.19. The Morgan fingerprint density at radius 3 is 1.17 bits per heavy atom. The van der Waals surface area contributed by atoms with Crippen LogP contribution in [0.3, 0.4) is 0 Å². The van der Waals surface area contributed by atoms with Crippen LogP contribution in [0.25, 0.3) is 0 Å². The van der Waals surface area contributed by atoms with Crippen LogP contribution in [0.5, 0.6) is 0 Å². The molecule has 2 unspecified atom stereocenters. The van der Waals surface area contributed by atoms with E-state index in [9.17, 15) is 14.4 Å². The monoisotopic (exact) mass is 666 g/mol. The van der Waals surface area contributed by atoms with Crippen molar-refractivity contribution in [3.05, 3.63) is 96.1 Å². The van der Waals surface area contributed by atoms with Gasteiger partial charge in [0, 0.05) is 25.4 Å². The summed E-state index contributed by atoms with van der Waals surface area (Å²) in [7, 11) is 0. The van der Waals surface area contributed by atoms with E-state index < -0.39 is 40.5 Å². The first-order chi connectivity index (χ1) is 22.5. The molecule has 9 heteroatoms. The van der Waals surface area contributed by atoms with Gasteiger partial charge in [-0.1, -0.05) is 89.4 Å². The molecule has 0 saturated carbocycles. The smallest absolute Gasteiger partial charge is 0.416 e. The van der Waals surface area contributed by atoms with Crippen molar-refractivity contribution in [2.75, 3.05) is 26.4 Å². The quantitative estimate of drug-likeness (QED) is 0.0883. The SMILES string of the molecule is C=CC(=O)OC(COCC)(OC(=O)OC(COCC)(OC(=O)C=C)C(C)(C)c1ccc(C(C)C)cc1)C(C)(C)c1ccc(C(C)C)cc1. The zero-order chi connectivity index (χ0) is 36.3. The van der Waals surface area contributed by atoms with Gasteiger partial charge in [0.1, 0.15) is 13.2 Å². The van der Waals surface area contributed by atoms with Crippen LogP contribution in [0.15, 0.2) is 73.8 Å². The number of hydrogen-bond donors (Lipinski definition) is 0. The van der Waals surface area contributed by atoms with Gasteiger partial charge in [0.25, 0.3) is 11.6 Å². The Kier molecular flexibility index (Phi) is 14.2. The number of esters is 2. The molecule has 2 atom stereocenters. The summed E-state index contributed by atoms with van der Waals surface area (Å²) >= 11 is 0. The lowest BCUT2D eigenvalue weighted by atomic mass is 9.75. The highest BCUT2D eigenvalue weighted by Crippen LogP contribution is 2.44. The lowest BCUT2D eigenvalue weighted by molar-refractivity contribution is -0.289. The van der Waals surface area contributed by atoms with Gasteiger partial charge >= 0.3 is 18.1 Å². The van der Waals surface area contributed by atoms with Crippen molar-refractivity contribution in [2.24, 2.45) is 0 Å². The highest BCUT2D eigenvalue weighted by Gasteiger charge is 2.58. The summed E-state index contributed by atoms with van der Waals surface area (Å²) in [6.45, 7) is 25.8. The Morgan fingerprint density at radius 1 is 0.604 bits per heavy atom. The standard InChI is InChI=1S/C39H54O9/c1-13-33(40)45-38(25-43-15-3,36(9,10)31-21-17-29(18-22-31)27(5)6)47-35(42)48-39(26-44-16-4,46-34(41)14-2)37(11,12)32-23-19-30(20-24-32)28(7)8/h13-14,17-24,27-28H,1-2,15-16,25-26H2,3-12H3. The molecular weight excluding hydrogens is 612 g/mol. The van der Waals surface area contributed by atoms with E-state index in [0.717, 1.165) is 23.3 Å². The molecule has 0 N–H and O–H groups in total. The summed E-state index contributed by atoms with van der Waals surface area (Å²) in [4.78, 5) is 40.0. The normalized spacial score (nSPS) is 14.4. The van der Waals surface area contributed by atoms with Crippen LogP contribution >= 0.6 is 0 Å². The zero-order valence-electron chi connectivity index (χ0n) is 30.3. The lowest BCUT2D eigenvalue weighted by Crippen LogP contribution is -2.61. The van der Waals surface area contributed by atoms with Gasteiger partial charge in [-0.25, -0.2) is 14.4 Å². The Bertz CT molecular complexity index is 1280. The molecule has 0 aliphatic rings. The van der Waals surface area contributed by atoms with E-state index >= 15 is 0 Å². The minimum absolute atomic E-state index is 0.221. The molecule has 2 rings (SSSR count). The molecule has 0 bridgehead atoms. The first-order valence-corrected chi connectivity index (χ1v) is 16.4. The van der Waals surface area contributed by atoms with Crippen LogP contribution in [-0.2, 0) is 48.8 Å². The molecule has 0 aliphatic heterocycles. The Balaban J connectivity index is 2.76. The van der Waals surface area contributed by atoms with Crippen molar-refractivity contribution in [3.63, 3.8) is 0 Å². The van der Waals surface area contributed by atoms with Crippen molar-refractivity contribution < 1.29 is 42.8 Å². The Morgan fingerprint density at radius 2 is 0.917 bits per heavy atom. The van der Waals surface area contributed by atoms with Crippen molar-refractivity contribution in [1.82, 2.24) is 0 Å². The van der Waals surface area contributed by atoms with Crippen LogP contribution in [0, 0.1) is 0 Å². The highest BCUT2D eigenvalue weighted by atomic mass is 16.9. The van der Waals surface area contributed by atoms with Gasteiger partial charge in [-0.3, -0.25) is 0 Å². The first-order valence-electron chi connectivity index (χ1n) is 16.4. The summed E-state index contributed by atoms with van der Waals surface area (Å²) in [5.74, 6) is -5.26. The van der Waals surface area contributed by atoms with Gasteiger partial charge in [-0.05, 0) is 75.6 Å². The molecule has 0 fully saturated rings. The van der Waals surface area contributed by atoms with Gasteiger partial charge in [0.05, 0.1) is 10.8 Å². The second kappa shape index (κ2) is 16.9. The van der Waals surface area contributed by atoms with Crippen LogP contribution in [0.4, 0.5) is 4.79 Å². The number of benzene rings is 2. The number of ether oxygens (including phenoxy) is 6. The third-order valence-electron chi connectivity index (χ3n) is 8.86. The van der Waals surface area contributed by atoms with E-state index in [2.05, 4.69) is 40.9 Å². The summed E-state index contributed by atoms with van der Waals surface area (Å²) in [5, 5.41) is 0. The summed E-state index contributed by atoms with van der Waals surface area (Å²) in [6, 6.07) is 15.4. The Labute approximate surface area is 286 Å². The maximum Gasteiger partial charge on any atom is 0.515 e. The highest BCUT2D eigenvalue weighted by molar-refractivity contribution is 5.82. The van der Waals surface area contributed by atoms with Crippen molar-refractivity contribution >= 4 is 18.1 Å². The van der Waals surface area contributed by atoms with Gasteiger partial charge in [0.15, 0.2) is 0 Å². The average molecular weight is 667 g/mol. The number of carbonyl (C=O) groups excluding carboxylic acids is 3.